The number of nitrogens with one attached hydrogen (secondary N) is 1. The normalized spacial score (nSPS) is 14.4. The molecule has 1 aromatic heterocycles. The zero-order valence-electron chi connectivity index (χ0n) is 13.5. The molecular formula is C17H19N5O2. The maximum atomic E-state index is 12.6. The third-order valence-corrected chi connectivity index (χ3v) is 3.94. The second-order valence-corrected chi connectivity index (χ2v) is 5.58. The largest absolute Gasteiger partial charge is 0.340 e. The van der Waals surface area contributed by atoms with Crippen molar-refractivity contribution in [1.82, 2.24) is 19.8 Å². The van der Waals surface area contributed by atoms with Gasteiger partial charge in [0.25, 0.3) is 5.91 Å². The second kappa shape index (κ2) is 7.08. The van der Waals surface area contributed by atoms with Gasteiger partial charge in [-0.3, -0.25) is 9.59 Å². The van der Waals surface area contributed by atoms with Gasteiger partial charge in [0, 0.05) is 44.9 Å². The van der Waals surface area contributed by atoms with Crippen LogP contribution < -0.4 is 5.32 Å². The van der Waals surface area contributed by atoms with E-state index < -0.39 is 0 Å². The minimum Gasteiger partial charge on any atom is -0.340 e. The van der Waals surface area contributed by atoms with E-state index in [1.165, 1.54) is 6.33 Å². The first-order chi connectivity index (χ1) is 11.6. The number of aromatic nitrogens is 2. The minimum atomic E-state index is -0.142. The Kier molecular flexibility index (Phi) is 4.69. The Morgan fingerprint density at radius 3 is 2.33 bits per heavy atom. The molecule has 1 N–H and O–H groups in total. The van der Waals surface area contributed by atoms with Gasteiger partial charge in [-0.25, -0.2) is 9.97 Å². The molecule has 2 heterocycles. The number of benzene rings is 1. The molecule has 24 heavy (non-hydrogen) atoms. The fourth-order valence-electron chi connectivity index (χ4n) is 2.60. The molecule has 1 aliphatic heterocycles. The van der Waals surface area contributed by atoms with Gasteiger partial charge in [0.05, 0.1) is 0 Å². The second-order valence-electron chi connectivity index (χ2n) is 5.58. The molecule has 0 atom stereocenters. The molecule has 0 saturated carbocycles. The number of piperazine rings is 1. The lowest BCUT2D eigenvalue weighted by Gasteiger charge is -2.34. The lowest BCUT2D eigenvalue weighted by Crippen LogP contribution is -2.50. The van der Waals surface area contributed by atoms with Gasteiger partial charge in [-0.05, 0) is 12.1 Å². The summed E-state index contributed by atoms with van der Waals surface area (Å²) < 4.78 is 0. The summed E-state index contributed by atoms with van der Waals surface area (Å²) in [5.74, 6) is 0.470. The number of hydrogen-bond donors (Lipinski definition) is 1. The molecule has 1 fully saturated rings. The molecule has 0 unspecified atom stereocenters. The predicted octanol–water partition coefficient (Wildman–Crippen LogP) is 1.52. The minimum absolute atomic E-state index is 0.0403. The van der Waals surface area contributed by atoms with Crippen LogP contribution in [0.2, 0.25) is 0 Å². The van der Waals surface area contributed by atoms with E-state index in [0.717, 1.165) is 5.69 Å². The fourth-order valence-corrected chi connectivity index (χ4v) is 2.60. The van der Waals surface area contributed by atoms with Gasteiger partial charge in [-0.1, -0.05) is 18.2 Å². The molecular weight excluding hydrogens is 306 g/mol. The molecule has 7 nitrogen and oxygen atoms in total. The van der Waals surface area contributed by atoms with Crippen LogP contribution in [0, 0.1) is 0 Å². The Morgan fingerprint density at radius 1 is 1.00 bits per heavy atom. The van der Waals surface area contributed by atoms with E-state index in [0.29, 0.717) is 37.7 Å². The van der Waals surface area contributed by atoms with Crippen LogP contribution in [0.3, 0.4) is 0 Å². The molecule has 1 saturated heterocycles. The summed E-state index contributed by atoms with van der Waals surface area (Å²) >= 11 is 0. The van der Waals surface area contributed by atoms with E-state index in [1.807, 2.05) is 30.3 Å². The van der Waals surface area contributed by atoms with Crippen LogP contribution >= 0.6 is 0 Å². The number of amides is 2. The standard InChI is InChI=1S/C17H19N5O2/c1-13(23)21-7-9-22(10-8-21)17(24)15-11-16(19-12-18-15)20-14-5-3-2-4-6-14/h2-6,11-12H,7-10H2,1H3,(H,18,19,20). The smallest absolute Gasteiger partial charge is 0.272 e. The number of nitrogens with zero attached hydrogens (tertiary/aromatic N) is 4. The maximum Gasteiger partial charge on any atom is 0.272 e. The highest BCUT2D eigenvalue weighted by Gasteiger charge is 2.24. The first-order valence-electron chi connectivity index (χ1n) is 7.82. The van der Waals surface area contributed by atoms with Gasteiger partial charge in [0.2, 0.25) is 5.91 Å². The number of anilines is 2. The maximum absolute atomic E-state index is 12.6. The average molecular weight is 325 g/mol. The first-order valence-corrected chi connectivity index (χ1v) is 7.82. The van der Waals surface area contributed by atoms with Gasteiger partial charge in [0.15, 0.2) is 0 Å². The van der Waals surface area contributed by atoms with E-state index in [1.54, 1.807) is 22.8 Å². The van der Waals surface area contributed by atoms with Crippen molar-refractivity contribution < 1.29 is 9.59 Å². The Labute approximate surface area is 140 Å². The summed E-state index contributed by atoms with van der Waals surface area (Å²) in [6.07, 6.45) is 1.38. The topological polar surface area (TPSA) is 78.4 Å². The van der Waals surface area contributed by atoms with Crippen LogP contribution in [-0.4, -0.2) is 57.8 Å². The first kappa shape index (κ1) is 15.9. The summed E-state index contributed by atoms with van der Waals surface area (Å²) in [6.45, 7) is 3.69. The summed E-state index contributed by atoms with van der Waals surface area (Å²) in [7, 11) is 0. The van der Waals surface area contributed by atoms with E-state index >= 15 is 0 Å². The fraction of sp³-hybridized carbons (Fsp3) is 0.294. The molecule has 2 amide bonds. The van der Waals surface area contributed by atoms with E-state index in [2.05, 4.69) is 15.3 Å². The average Bonchev–Trinajstić information content (AvgIpc) is 2.62. The summed E-state index contributed by atoms with van der Waals surface area (Å²) in [6, 6.07) is 11.3. The van der Waals surface area contributed by atoms with Crippen molar-refractivity contribution in [1.29, 1.82) is 0 Å². The predicted molar refractivity (Wildman–Crippen MR) is 89.9 cm³/mol. The molecule has 0 radical (unpaired) electrons. The third kappa shape index (κ3) is 3.68. The molecule has 3 rings (SSSR count). The Hall–Kier alpha value is -2.96. The molecule has 7 heteroatoms. The van der Waals surface area contributed by atoms with Crippen molar-refractivity contribution in [2.24, 2.45) is 0 Å². The molecule has 1 aromatic carbocycles. The van der Waals surface area contributed by atoms with Crippen LogP contribution in [0.15, 0.2) is 42.7 Å². The van der Waals surface area contributed by atoms with Crippen LogP contribution in [-0.2, 0) is 4.79 Å². The third-order valence-electron chi connectivity index (χ3n) is 3.94. The quantitative estimate of drug-likeness (QED) is 0.926. The van der Waals surface area contributed by atoms with Crippen molar-refractivity contribution in [3.05, 3.63) is 48.4 Å². The highest BCUT2D eigenvalue weighted by atomic mass is 16.2. The molecule has 0 spiro atoms. The van der Waals surface area contributed by atoms with Crippen molar-refractivity contribution in [2.75, 3.05) is 31.5 Å². The van der Waals surface area contributed by atoms with Gasteiger partial charge in [-0.2, -0.15) is 0 Å². The van der Waals surface area contributed by atoms with Crippen molar-refractivity contribution in [3.8, 4) is 0 Å². The number of carbonyl (C=O) groups excluding carboxylic acids is 2. The van der Waals surface area contributed by atoms with E-state index in [9.17, 15) is 9.59 Å². The zero-order valence-corrected chi connectivity index (χ0v) is 13.5. The van der Waals surface area contributed by atoms with Crippen molar-refractivity contribution in [3.63, 3.8) is 0 Å². The number of para-hydroxylation sites is 1. The highest BCUT2D eigenvalue weighted by Crippen LogP contribution is 2.15. The van der Waals surface area contributed by atoms with Gasteiger partial charge < -0.3 is 15.1 Å². The lowest BCUT2D eigenvalue weighted by molar-refractivity contribution is -0.130. The molecule has 0 aliphatic carbocycles. The SMILES string of the molecule is CC(=O)N1CCN(C(=O)c2cc(Nc3ccccc3)ncn2)CC1. The number of carbonyl (C=O) groups is 2. The number of rotatable bonds is 3. The Bertz CT molecular complexity index is 727. The van der Waals surface area contributed by atoms with Crippen molar-refractivity contribution >= 4 is 23.3 Å². The van der Waals surface area contributed by atoms with Crippen LogP contribution in [0.5, 0.6) is 0 Å². The summed E-state index contributed by atoms with van der Waals surface area (Å²) in [5.41, 5.74) is 1.24. The Morgan fingerprint density at radius 2 is 1.67 bits per heavy atom. The van der Waals surface area contributed by atoms with E-state index in [4.69, 9.17) is 0 Å². The van der Waals surface area contributed by atoms with Crippen LogP contribution in [0.1, 0.15) is 17.4 Å². The number of hydrogen-bond acceptors (Lipinski definition) is 5. The van der Waals surface area contributed by atoms with Crippen LogP contribution in [0.4, 0.5) is 11.5 Å². The lowest BCUT2D eigenvalue weighted by atomic mass is 10.2. The summed E-state index contributed by atoms with van der Waals surface area (Å²) in [4.78, 5) is 35.6. The van der Waals surface area contributed by atoms with E-state index in [-0.39, 0.29) is 11.8 Å². The van der Waals surface area contributed by atoms with Gasteiger partial charge >= 0.3 is 0 Å². The molecule has 1 aliphatic rings. The highest BCUT2D eigenvalue weighted by molar-refractivity contribution is 5.93. The van der Waals surface area contributed by atoms with Gasteiger partial charge in [0.1, 0.15) is 17.8 Å². The molecule has 0 bridgehead atoms. The summed E-state index contributed by atoms with van der Waals surface area (Å²) in [5, 5.41) is 3.15. The van der Waals surface area contributed by atoms with Crippen LogP contribution in [0.25, 0.3) is 0 Å². The van der Waals surface area contributed by atoms with Crippen molar-refractivity contribution in [2.45, 2.75) is 6.92 Å². The Balaban J connectivity index is 1.67. The molecule has 2 aromatic rings. The monoisotopic (exact) mass is 325 g/mol. The van der Waals surface area contributed by atoms with Gasteiger partial charge in [-0.15, -0.1) is 0 Å². The zero-order chi connectivity index (χ0) is 16.9. The molecule has 124 valence electrons.